The molecule has 0 aliphatic carbocycles. The number of carbonyl (C=O) groups is 1. The van der Waals surface area contributed by atoms with Gasteiger partial charge in [-0.05, 0) is 64.2 Å². The summed E-state index contributed by atoms with van der Waals surface area (Å²) < 4.78 is 23.3. The van der Waals surface area contributed by atoms with Gasteiger partial charge >= 0.3 is 0 Å². The third kappa shape index (κ3) is 8.58. The van der Waals surface area contributed by atoms with Crippen molar-refractivity contribution in [3.8, 4) is 17.2 Å². The molecule has 252 valence electrons. The van der Waals surface area contributed by atoms with Crippen molar-refractivity contribution in [3.05, 3.63) is 141 Å². The number of azide groups is 1. The number of carbonyl (C=O) groups excluding carboxylic acids is 1. The highest BCUT2D eigenvalue weighted by atomic mass is 16.5. The molecule has 0 spiro atoms. The van der Waals surface area contributed by atoms with E-state index in [9.17, 15) is 4.79 Å². The van der Waals surface area contributed by atoms with Crippen LogP contribution in [0.4, 0.5) is 0 Å². The molecular weight excluding hydrogens is 622 g/mol. The Bertz CT molecular complexity index is 1800. The molecule has 4 aromatic rings. The Morgan fingerprint density at radius 1 is 1.00 bits per heavy atom. The van der Waals surface area contributed by atoms with E-state index in [1.165, 1.54) is 0 Å². The summed E-state index contributed by atoms with van der Waals surface area (Å²) in [5.41, 5.74) is 11.5. The first-order valence-corrected chi connectivity index (χ1v) is 15.9. The molecule has 0 bridgehead atoms. The zero-order valence-corrected chi connectivity index (χ0v) is 27.5. The third-order valence-corrected chi connectivity index (χ3v) is 8.08. The molecule has 1 aliphatic rings. The highest BCUT2D eigenvalue weighted by Crippen LogP contribution is 2.44. The Kier molecular flexibility index (Phi) is 11.9. The minimum absolute atomic E-state index is 0.0412. The topological polar surface area (TPSA) is 147 Å². The lowest BCUT2D eigenvalue weighted by atomic mass is 9.82. The van der Waals surface area contributed by atoms with Gasteiger partial charge in [-0.1, -0.05) is 71.9 Å². The molecule has 0 saturated carbocycles. The standard InChI is InChI=1S/C38H39N5O6/c1-46-32-22-28(23-33(24-32)47-2)25-40-37(45)38(19-8-12-27-10-4-3-5-11-27)35(34-14-7-6-13-30(34)26-41-43-39)49-36(42-38)29-15-17-31(18-16-29)48-21-9-20-44/h3-8,10-18,22-24,35,44H,9,19-21,25-26H2,1-2H3,(H,40,45)/b12-8+/t35-,38-/m1/s1. The zero-order valence-electron chi connectivity index (χ0n) is 27.5. The van der Waals surface area contributed by atoms with Crippen molar-refractivity contribution < 1.29 is 28.8 Å². The molecule has 1 heterocycles. The van der Waals surface area contributed by atoms with Crippen molar-refractivity contribution in [3.63, 3.8) is 0 Å². The molecule has 0 aromatic heterocycles. The molecule has 0 radical (unpaired) electrons. The molecule has 2 atom stereocenters. The largest absolute Gasteiger partial charge is 0.497 e. The molecule has 5 rings (SSSR count). The summed E-state index contributed by atoms with van der Waals surface area (Å²) in [6.07, 6.45) is 3.73. The van der Waals surface area contributed by atoms with Gasteiger partial charge in [-0.2, -0.15) is 0 Å². The van der Waals surface area contributed by atoms with Gasteiger partial charge in [0, 0.05) is 42.5 Å². The maximum Gasteiger partial charge on any atom is 0.252 e. The van der Waals surface area contributed by atoms with Crippen LogP contribution in [-0.4, -0.2) is 49.9 Å². The van der Waals surface area contributed by atoms with E-state index in [-0.39, 0.29) is 37.9 Å². The number of rotatable bonds is 16. The Morgan fingerprint density at radius 3 is 2.41 bits per heavy atom. The van der Waals surface area contributed by atoms with Crippen LogP contribution in [0.1, 0.15) is 46.8 Å². The molecule has 49 heavy (non-hydrogen) atoms. The Hall–Kier alpha value is -5.77. The van der Waals surface area contributed by atoms with Crippen LogP contribution in [-0.2, 0) is 22.6 Å². The van der Waals surface area contributed by atoms with Gasteiger partial charge in [-0.3, -0.25) is 4.79 Å². The monoisotopic (exact) mass is 661 g/mol. The van der Waals surface area contributed by atoms with Crippen molar-refractivity contribution in [2.75, 3.05) is 27.4 Å². The fraction of sp³-hybridized carbons (Fsp3) is 0.263. The second kappa shape index (κ2) is 16.9. The number of nitrogens with zero attached hydrogens (tertiary/aromatic N) is 4. The van der Waals surface area contributed by atoms with Crippen LogP contribution >= 0.6 is 0 Å². The van der Waals surface area contributed by atoms with Gasteiger partial charge in [0.1, 0.15) is 17.2 Å². The summed E-state index contributed by atoms with van der Waals surface area (Å²) in [5.74, 6) is 1.77. The maximum atomic E-state index is 14.7. The summed E-state index contributed by atoms with van der Waals surface area (Å²) in [7, 11) is 3.15. The third-order valence-electron chi connectivity index (χ3n) is 8.08. The highest BCUT2D eigenvalue weighted by Gasteiger charge is 2.53. The summed E-state index contributed by atoms with van der Waals surface area (Å²) in [5, 5.41) is 16.0. The van der Waals surface area contributed by atoms with E-state index in [1.807, 2.05) is 91.0 Å². The van der Waals surface area contributed by atoms with Crippen LogP contribution in [0.2, 0.25) is 0 Å². The molecule has 4 aromatic carbocycles. The van der Waals surface area contributed by atoms with E-state index >= 15 is 0 Å². The van der Waals surface area contributed by atoms with Gasteiger partial charge in [0.05, 0.1) is 27.4 Å². The van der Waals surface area contributed by atoms with Crippen molar-refractivity contribution in [1.82, 2.24) is 5.32 Å². The first-order valence-electron chi connectivity index (χ1n) is 15.9. The van der Waals surface area contributed by atoms with Crippen molar-refractivity contribution in [2.45, 2.75) is 37.6 Å². The van der Waals surface area contributed by atoms with Gasteiger partial charge in [0.15, 0.2) is 11.6 Å². The van der Waals surface area contributed by atoms with E-state index in [0.29, 0.717) is 41.4 Å². The van der Waals surface area contributed by atoms with Crippen LogP contribution in [0, 0.1) is 0 Å². The smallest absolute Gasteiger partial charge is 0.252 e. The number of methoxy groups -OCH3 is 2. The van der Waals surface area contributed by atoms with Crippen molar-refractivity contribution >= 4 is 17.9 Å². The summed E-state index contributed by atoms with van der Waals surface area (Å²) in [4.78, 5) is 22.7. The summed E-state index contributed by atoms with van der Waals surface area (Å²) in [6, 6.07) is 29.9. The number of benzene rings is 4. The predicted octanol–water partition coefficient (Wildman–Crippen LogP) is 6.95. The quantitative estimate of drug-likeness (QED) is 0.0575. The second-order valence-electron chi connectivity index (χ2n) is 11.3. The van der Waals surface area contributed by atoms with E-state index in [1.54, 1.807) is 32.4 Å². The predicted molar refractivity (Wildman–Crippen MR) is 188 cm³/mol. The molecule has 0 fully saturated rings. The number of amides is 1. The number of aliphatic hydroxyl groups excluding tert-OH is 1. The van der Waals surface area contributed by atoms with Crippen LogP contribution in [0.15, 0.2) is 113 Å². The zero-order chi connectivity index (χ0) is 34.5. The van der Waals surface area contributed by atoms with E-state index in [0.717, 1.165) is 16.7 Å². The molecular formula is C38H39N5O6. The van der Waals surface area contributed by atoms with E-state index < -0.39 is 11.6 Å². The molecule has 0 unspecified atom stereocenters. The molecule has 0 saturated heterocycles. The normalized spacial score (nSPS) is 16.7. The molecule has 11 nitrogen and oxygen atoms in total. The lowest BCUT2D eigenvalue weighted by Crippen LogP contribution is -2.48. The number of hydrogen-bond acceptors (Lipinski definition) is 8. The van der Waals surface area contributed by atoms with Gasteiger partial charge in [-0.15, -0.1) is 0 Å². The average molecular weight is 662 g/mol. The van der Waals surface area contributed by atoms with Crippen LogP contribution in [0.5, 0.6) is 17.2 Å². The van der Waals surface area contributed by atoms with Gasteiger partial charge in [-0.25, -0.2) is 4.99 Å². The fourth-order valence-electron chi connectivity index (χ4n) is 5.58. The minimum atomic E-state index is -1.45. The summed E-state index contributed by atoms with van der Waals surface area (Å²) >= 11 is 0. The maximum absolute atomic E-state index is 14.7. The highest BCUT2D eigenvalue weighted by molar-refractivity contribution is 6.01. The van der Waals surface area contributed by atoms with Crippen LogP contribution in [0.25, 0.3) is 16.5 Å². The van der Waals surface area contributed by atoms with Crippen LogP contribution in [0.3, 0.4) is 0 Å². The Labute approximate surface area is 285 Å². The summed E-state index contributed by atoms with van der Waals surface area (Å²) in [6.45, 7) is 0.671. The number of aliphatic hydroxyl groups is 1. The number of nitrogens with one attached hydrogen (secondary N) is 1. The van der Waals surface area contributed by atoms with E-state index in [4.69, 9.17) is 34.6 Å². The Morgan fingerprint density at radius 2 is 1.71 bits per heavy atom. The first kappa shape index (κ1) is 34.6. The second-order valence-corrected chi connectivity index (χ2v) is 11.3. The van der Waals surface area contributed by atoms with Crippen molar-refractivity contribution in [2.24, 2.45) is 10.1 Å². The fourth-order valence-corrected chi connectivity index (χ4v) is 5.58. The van der Waals surface area contributed by atoms with Gasteiger partial charge < -0.3 is 29.4 Å². The SMILES string of the molecule is COc1cc(CNC(=O)[C@]2(C/C=C/c3ccccc3)N=C(c3ccc(OCCCO)cc3)O[C@@H]2c2ccccc2CN=[N+]=[N-])cc(OC)c1. The molecule has 2 N–H and O–H groups in total. The average Bonchev–Trinajstić information content (AvgIpc) is 3.54. The minimum Gasteiger partial charge on any atom is -0.497 e. The van der Waals surface area contributed by atoms with Gasteiger partial charge in [0.25, 0.3) is 5.91 Å². The Balaban J connectivity index is 1.58. The van der Waals surface area contributed by atoms with Crippen LogP contribution < -0.4 is 19.5 Å². The number of hydrogen-bond donors (Lipinski definition) is 2. The molecule has 11 heteroatoms. The number of aliphatic imine (C=N–C) groups is 1. The lowest BCUT2D eigenvalue weighted by Gasteiger charge is -2.31. The number of ether oxygens (including phenoxy) is 4. The molecule has 1 aliphatic heterocycles. The van der Waals surface area contributed by atoms with E-state index in [2.05, 4.69) is 15.3 Å². The lowest BCUT2D eigenvalue weighted by molar-refractivity contribution is -0.129. The molecule has 1 amide bonds. The van der Waals surface area contributed by atoms with Crippen molar-refractivity contribution in [1.29, 1.82) is 0 Å². The first-order chi connectivity index (χ1) is 24.0. The van der Waals surface area contributed by atoms with Gasteiger partial charge in [0.2, 0.25) is 5.90 Å².